The highest BCUT2D eigenvalue weighted by molar-refractivity contribution is 7.89. The van der Waals surface area contributed by atoms with Crippen LogP contribution < -0.4 is 10.1 Å². The van der Waals surface area contributed by atoms with Crippen molar-refractivity contribution in [3.8, 4) is 5.75 Å². The molecule has 0 spiro atoms. The maximum atomic E-state index is 12.7. The van der Waals surface area contributed by atoms with Gasteiger partial charge < -0.3 is 19.5 Å². The van der Waals surface area contributed by atoms with Gasteiger partial charge in [-0.15, -0.1) is 0 Å². The minimum absolute atomic E-state index is 0.00994. The SMILES string of the molecule is COC(=O)c1cc(NC(=O)CN(C)S(=O)(=O)c2ccc(OC)cc2)cc(C(=O)OC)c1. The summed E-state index contributed by atoms with van der Waals surface area (Å²) in [5.74, 6) is -1.63. The number of anilines is 1. The third kappa shape index (κ3) is 5.80. The Morgan fingerprint density at radius 3 is 1.87 bits per heavy atom. The van der Waals surface area contributed by atoms with Crippen molar-refractivity contribution in [3.63, 3.8) is 0 Å². The summed E-state index contributed by atoms with van der Waals surface area (Å²) in [7, 11) is 1.12. The van der Waals surface area contributed by atoms with Crippen LogP contribution in [0.3, 0.4) is 0 Å². The molecule has 0 aliphatic rings. The van der Waals surface area contributed by atoms with E-state index in [4.69, 9.17) is 4.74 Å². The minimum atomic E-state index is -3.93. The standard InChI is InChI=1S/C20H22N2O8S/c1-22(31(26,27)17-7-5-16(28-2)6-8-17)12-18(23)21-15-10-13(19(24)29-3)9-14(11-15)20(25)30-4/h5-11H,12H2,1-4H3,(H,21,23). The van der Waals surface area contributed by atoms with Crippen LogP contribution in [0.5, 0.6) is 5.75 Å². The third-order valence-electron chi connectivity index (χ3n) is 4.19. The van der Waals surface area contributed by atoms with E-state index in [-0.39, 0.29) is 21.7 Å². The lowest BCUT2D eigenvalue weighted by molar-refractivity contribution is -0.116. The van der Waals surface area contributed by atoms with Crippen molar-refractivity contribution in [1.29, 1.82) is 0 Å². The Balaban J connectivity index is 2.20. The molecule has 2 rings (SSSR count). The smallest absolute Gasteiger partial charge is 0.337 e. The molecule has 166 valence electrons. The van der Waals surface area contributed by atoms with Crippen LogP contribution in [-0.4, -0.2) is 65.5 Å². The van der Waals surface area contributed by atoms with E-state index >= 15 is 0 Å². The molecule has 0 unspecified atom stereocenters. The lowest BCUT2D eigenvalue weighted by atomic mass is 10.1. The Labute approximate surface area is 179 Å². The largest absolute Gasteiger partial charge is 0.497 e. The first-order valence-electron chi connectivity index (χ1n) is 8.84. The molecular formula is C20H22N2O8S. The summed E-state index contributed by atoms with van der Waals surface area (Å²) in [6, 6.07) is 9.58. The summed E-state index contributed by atoms with van der Waals surface area (Å²) < 4.78 is 40.5. The predicted octanol–water partition coefficient (Wildman–Crippen LogP) is 1.53. The van der Waals surface area contributed by atoms with Crippen LogP contribution in [-0.2, 0) is 24.3 Å². The molecule has 0 saturated heterocycles. The molecule has 0 aromatic heterocycles. The van der Waals surface area contributed by atoms with E-state index in [1.165, 1.54) is 70.8 Å². The van der Waals surface area contributed by atoms with Gasteiger partial charge in [0.2, 0.25) is 15.9 Å². The number of carbonyl (C=O) groups excluding carboxylic acids is 3. The van der Waals surface area contributed by atoms with Crippen molar-refractivity contribution in [2.45, 2.75) is 4.90 Å². The third-order valence-corrected chi connectivity index (χ3v) is 6.01. The number of likely N-dealkylation sites (N-methyl/N-ethyl adjacent to an activating group) is 1. The van der Waals surface area contributed by atoms with Gasteiger partial charge in [-0.1, -0.05) is 0 Å². The number of hydrogen-bond donors (Lipinski definition) is 1. The summed E-state index contributed by atoms with van der Waals surface area (Å²) in [6.07, 6.45) is 0. The highest BCUT2D eigenvalue weighted by Crippen LogP contribution is 2.20. The molecule has 11 heteroatoms. The number of nitrogens with one attached hydrogen (secondary N) is 1. The minimum Gasteiger partial charge on any atom is -0.497 e. The molecule has 2 aromatic rings. The first-order chi connectivity index (χ1) is 14.6. The average Bonchev–Trinajstić information content (AvgIpc) is 2.77. The van der Waals surface area contributed by atoms with Gasteiger partial charge in [0.1, 0.15) is 5.75 Å². The number of hydrogen-bond acceptors (Lipinski definition) is 8. The van der Waals surface area contributed by atoms with Gasteiger partial charge in [0.25, 0.3) is 0 Å². The maximum Gasteiger partial charge on any atom is 0.337 e. The van der Waals surface area contributed by atoms with E-state index in [2.05, 4.69) is 14.8 Å². The highest BCUT2D eigenvalue weighted by atomic mass is 32.2. The molecule has 1 amide bonds. The Bertz CT molecular complexity index is 1050. The fourth-order valence-electron chi connectivity index (χ4n) is 2.59. The zero-order valence-corrected chi connectivity index (χ0v) is 18.2. The van der Waals surface area contributed by atoms with Crippen LogP contribution in [0.25, 0.3) is 0 Å². The second-order valence-corrected chi connectivity index (χ2v) is 8.31. The van der Waals surface area contributed by atoms with E-state index in [9.17, 15) is 22.8 Å². The normalized spacial score (nSPS) is 11.0. The molecule has 10 nitrogen and oxygen atoms in total. The number of ether oxygens (including phenoxy) is 3. The number of nitrogens with zero attached hydrogens (tertiary/aromatic N) is 1. The van der Waals surface area contributed by atoms with E-state index in [0.29, 0.717) is 5.75 Å². The van der Waals surface area contributed by atoms with Gasteiger partial charge in [-0.2, -0.15) is 4.31 Å². The molecule has 0 fully saturated rings. The molecule has 0 heterocycles. The first kappa shape index (κ1) is 23.8. The maximum absolute atomic E-state index is 12.7. The van der Waals surface area contributed by atoms with Crippen LogP contribution >= 0.6 is 0 Å². The zero-order valence-electron chi connectivity index (χ0n) is 17.4. The Kier molecular flexibility index (Phi) is 7.72. The Morgan fingerprint density at radius 2 is 1.42 bits per heavy atom. The summed E-state index contributed by atoms with van der Waals surface area (Å²) in [5, 5.41) is 2.47. The summed E-state index contributed by atoms with van der Waals surface area (Å²) in [6.45, 7) is -0.510. The molecule has 0 aliphatic heterocycles. The van der Waals surface area contributed by atoms with Crippen molar-refractivity contribution in [2.24, 2.45) is 0 Å². The van der Waals surface area contributed by atoms with Gasteiger partial charge >= 0.3 is 11.9 Å². The van der Waals surface area contributed by atoms with Gasteiger partial charge in [0, 0.05) is 12.7 Å². The van der Waals surface area contributed by atoms with Gasteiger partial charge in [0.15, 0.2) is 0 Å². The second kappa shape index (κ2) is 10.0. The number of methoxy groups -OCH3 is 3. The van der Waals surface area contributed by atoms with Crippen molar-refractivity contribution < 1.29 is 37.0 Å². The topological polar surface area (TPSA) is 128 Å². The molecule has 2 aromatic carbocycles. The fraction of sp³-hybridized carbons (Fsp3) is 0.250. The predicted molar refractivity (Wildman–Crippen MR) is 111 cm³/mol. The first-order valence-corrected chi connectivity index (χ1v) is 10.3. The van der Waals surface area contributed by atoms with Gasteiger partial charge in [-0.3, -0.25) is 4.79 Å². The highest BCUT2D eigenvalue weighted by Gasteiger charge is 2.23. The molecule has 31 heavy (non-hydrogen) atoms. The van der Waals surface area contributed by atoms with Crippen LogP contribution in [0.15, 0.2) is 47.4 Å². The van der Waals surface area contributed by atoms with Crippen molar-refractivity contribution >= 4 is 33.6 Å². The quantitative estimate of drug-likeness (QED) is 0.600. The molecule has 0 bridgehead atoms. The fourth-order valence-corrected chi connectivity index (χ4v) is 3.71. The van der Waals surface area contributed by atoms with Crippen LogP contribution in [0.1, 0.15) is 20.7 Å². The van der Waals surface area contributed by atoms with E-state index in [0.717, 1.165) is 4.31 Å². The Morgan fingerprint density at radius 1 is 0.903 bits per heavy atom. The van der Waals surface area contributed by atoms with Gasteiger partial charge in [0.05, 0.1) is 43.9 Å². The lowest BCUT2D eigenvalue weighted by Crippen LogP contribution is -2.35. The van der Waals surface area contributed by atoms with Crippen LogP contribution in [0.2, 0.25) is 0 Å². The molecule has 0 saturated carbocycles. The van der Waals surface area contributed by atoms with Gasteiger partial charge in [-0.05, 0) is 42.5 Å². The zero-order chi connectivity index (χ0) is 23.2. The monoisotopic (exact) mass is 450 g/mol. The van der Waals surface area contributed by atoms with Crippen LogP contribution in [0.4, 0.5) is 5.69 Å². The van der Waals surface area contributed by atoms with Crippen molar-refractivity contribution in [3.05, 3.63) is 53.6 Å². The molecular weight excluding hydrogens is 428 g/mol. The van der Waals surface area contributed by atoms with E-state index < -0.39 is 34.4 Å². The summed E-state index contributed by atoms with van der Waals surface area (Å²) >= 11 is 0. The summed E-state index contributed by atoms with van der Waals surface area (Å²) in [4.78, 5) is 36.1. The van der Waals surface area contributed by atoms with Crippen molar-refractivity contribution in [1.82, 2.24) is 4.31 Å². The second-order valence-electron chi connectivity index (χ2n) is 6.27. The molecule has 0 atom stereocenters. The average molecular weight is 450 g/mol. The molecule has 1 N–H and O–H groups in total. The van der Waals surface area contributed by atoms with Crippen molar-refractivity contribution in [2.75, 3.05) is 40.2 Å². The summed E-state index contributed by atoms with van der Waals surface area (Å²) in [5.41, 5.74) is 0.128. The number of esters is 2. The number of sulfonamides is 1. The molecule has 0 radical (unpaired) electrons. The number of benzene rings is 2. The number of amides is 1. The Hall–Kier alpha value is -3.44. The van der Waals surface area contributed by atoms with E-state index in [1.807, 2.05) is 0 Å². The molecule has 0 aliphatic carbocycles. The number of rotatable bonds is 8. The van der Waals surface area contributed by atoms with Gasteiger partial charge in [-0.25, -0.2) is 18.0 Å². The number of carbonyl (C=O) groups is 3. The van der Waals surface area contributed by atoms with Crippen LogP contribution in [0, 0.1) is 0 Å². The van der Waals surface area contributed by atoms with E-state index in [1.54, 1.807) is 0 Å². The lowest BCUT2D eigenvalue weighted by Gasteiger charge is -2.17.